The summed E-state index contributed by atoms with van der Waals surface area (Å²) < 4.78 is 1.31. The molecule has 3 aromatic rings. The van der Waals surface area contributed by atoms with E-state index >= 15 is 0 Å². The number of hydrogen-bond donors (Lipinski definition) is 0. The van der Waals surface area contributed by atoms with Crippen molar-refractivity contribution in [3.05, 3.63) is 87.8 Å². The first-order chi connectivity index (χ1) is 12.7. The second kappa shape index (κ2) is 8.88. The van der Waals surface area contributed by atoms with E-state index in [1.807, 2.05) is 65.6 Å². The third kappa shape index (κ3) is 4.26. The summed E-state index contributed by atoms with van der Waals surface area (Å²) in [5.41, 5.74) is 2.10. The SMILES string of the molecule is O=c1c(Cl)c(N(CCCCl)Cc2ccccc2)cnn1-c1ccccc1. The summed E-state index contributed by atoms with van der Waals surface area (Å²) in [5, 5.41) is 4.49. The maximum Gasteiger partial charge on any atom is 0.292 e. The van der Waals surface area contributed by atoms with E-state index in [2.05, 4.69) is 5.10 Å². The number of benzene rings is 2. The van der Waals surface area contributed by atoms with Crippen LogP contribution in [-0.4, -0.2) is 22.2 Å². The Kier molecular flexibility index (Phi) is 6.31. The minimum absolute atomic E-state index is 0.161. The Morgan fingerprint density at radius 1 is 1.00 bits per heavy atom. The highest BCUT2D eigenvalue weighted by atomic mass is 35.5. The largest absolute Gasteiger partial charge is 0.364 e. The molecule has 0 saturated heterocycles. The fourth-order valence-electron chi connectivity index (χ4n) is 2.74. The molecule has 0 amide bonds. The zero-order valence-electron chi connectivity index (χ0n) is 14.2. The zero-order valence-corrected chi connectivity index (χ0v) is 15.7. The Bertz CT molecular complexity index is 898. The van der Waals surface area contributed by atoms with Crippen LogP contribution in [0.5, 0.6) is 0 Å². The molecule has 6 heteroatoms. The highest BCUT2D eigenvalue weighted by Gasteiger charge is 2.16. The standard InChI is InChI=1S/C20H19Cl2N3O/c21-12-7-13-24(15-16-8-3-1-4-9-16)18-14-23-25(20(26)19(18)22)17-10-5-2-6-11-17/h1-6,8-11,14H,7,12-13,15H2. The molecule has 0 bridgehead atoms. The van der Waals surface area contributed by atoms with Crippen LogP contribution in [0, 0.1) is 0 Å². The van der Waals surface area contributed by atoms with E-state index in [4.69, 9.17) is 23.2 Å². The molecule has 1 heterocycles. The van der Waals surface area contributed by atoms with Crippen LogP contribution >= 0.6 is 23.2 Å². The van der Waals surface area contributed by atoms with E-state index in [1.165, 1.54) is 4.68 Å². The van der Waals surface area contributed by atoms with Crippen molar-refractivity contribution in [1.82, 2.24) is 9.78 Å². The summed E-state index contributed by atoms with van der Waals surface area (Å²) in [6.07, 6.45) is 2.43. The molecule has 0 aliphatic heterocycles. The minimum Gasteiger partial charge on any atom is -0.364 e. The lowest BCUT2D eigenvalue weighted by Crippen LogP contribution is -2.29. The third-order valence-corrected chi connectivity index (χ3v) is 4.64. The van der Waals surface area contributed by atoms with E-state index in [0.29, 0.717) is 30.3 Å². The summed E-state index contributed by atoms with van der Waals surface area (Å²) >= 11 is 12.3. The lowest BCUT2D eigenvalue weighted by molar-refractivity contribution is 0.747. The van der Waals surface area contributed by atoms with Crippen molar-refractivity contribution in [2.45, 2.75) is 13.0 Å². The van der Waals surface area contributed by atoms with E-state index in [0.717, 1.165) is 12.0 Å². The maximum atomic E-state index is 12.7. The van der Waals surface area contributed by atoms with E-state index < -0.39 is 0 Å². The van der Waals surface area contributed by atoms with Gasteiger partial charge in [0, 0.05) is 19.0 Å². The van der Waals surface area contributed by atoms with Crippen molar-refractivity contribution in [1.29, 1.82) is 0 Å². The summed E-state index contributed by atoms with van der Waals surface area (Å²) in [7, 11) is 0. The van der Waals surface area contributed by atoms with Crippen LogP contribution in [0.4, 0.5) is 5.69 Å². The molecule has 0 unspecified atom stereocenters. The lowest BCUT2D eigenvalue weighted by atomic mass is 10.2. The van der Waals surface area contributed by atoms with Crippen molar-refractivity contribution in [2.75, 3.05) is 17.3 Å². The normalized spacial score (nSPS) is 10.7. The third-order valence-electron chi connectivity index (χ3n) is 4.02. The Hall–Kier alpha value is -2.30. The van der Waals surface area contributed by atoms with Crippen LogP contribution in [0.1, 0.15) is 12.0 Å². The topological polar surface area (TPSA) is 38.1 Å². The predicted molar refractivity (Wildman–Crippen MR) is 108 cm³/mol. The molecular formula is C20H19Cl2N3O. The number of hydrogen-bond acceptors (Lipinski definition) is 3. The van der Waals surface area contributed by atoms with Crippen LogP contribution in [0.25, 0.3) is 5.69 Å². The van der Waals surface area contributed by atoms with Crippen molar-refractivity contribution < 1.29 is 0 Å². The maximum absolute atomic E-state index is 12.7. The molecular weight excluding hydrogens is 369 g/mol. The average Bonchev–Trinajstić information content (AvgIpc) is 2.69. The van der Waals surface area contributed by atoms with Gasteiger partial charge in [-0.25, -0.2) is 0 Å². The van der Waals surface area contributed by atoms with Crippen molar-refractivity contribution in [3.63, 3.8) is 0 Å². The van der Waals surface area contributed by atoms with Gasteiger partial charge in [0.2, 0.25) is 0 Å². The monoisotopic (exact) mass is 387 g/mol. The Labute approximate surface area is 162 Å². The van der Waals surface area contributed by atoms with Gasteiger partial charge in [-0.15, -0.1) is 11.6 Å². The zero-order chi connectivity index (χ0) is 18.4. The first kappa shape index (κ1) is 18.5. The number of rotatable bonds is 7. The average molecular weight is 388 g/mol. The second-order valence-corrected chi connectivity index (χ2v) is 6.60. The van der Waals surface area contributed by atoms with Crippen LogP contribution < -0.4 is 10.5 Å². The molecule has 0 radical (unpaired) electrons. The first-order valence-electron chi connectivity index (χ1n) is 8.39. The Morgan fingerprint density at radius 3 is 2.31 bits per heavy atom. The van der Waals surface area contributed by atoms with Gasteiger partial charge in [-0.1, -0.05) is 60.1 Å². The predicted octanol–water partition coefficient (Wildman–Crippen LogP) is 4.52. The highest BCUT2D eigenvalue weighted by Crippen LogP contribution is 2.24. The highest BCUT2D eigenvalue weighted by molar-refractivity contribution is 6.33. The van der Waals surface area contributed by atoms with Gasteiger partial charge in [-0.3, -0.25) is 4.79 Å². The number of nitrogens with zero attached hydrogens (tertiary/aromatic N) is 3. The first-order valence-corrected chi connectivity index (χ1v) is 9.30. The fourth-order valence-corrected chi connectivity index (χ4v) is 3.10. The van der Waals surface area contributed by atoms with Crippen LogP contribution in [0.3, 0.4) is 0 Å². The molecule has 0 aliphatic rings. The van der Waals surface area contributed by atoms with Gasteiger partial charge < -0.3 is 4.90 Å². The van der Waals surface area contributed by atoms with Gasteiger partial charge in [0.1, 0.15) is 5.02 Å². The molecule has 0 saturated carbocycles. The molecule has 0 atom stereocenters. The van der Waals surface area contributed by atoms with Gasteiger partial charge in [0.25, 0.3) is 5.56 Å². The molecule has 0 aliphatic carbocycles. The number of halogens is 2. The van der Waals surface area contributed by atoms with Crippen LogP contribution in [0.15, 0.2) is 71.7 Å². The molecule has 3 rings (SSSR count). The van der Waals surface area contributed by atoms with Crippen molar-refractivity contribution in [2.24, 2.45) is 0 Å². The van der Waals surface area contributed by atoms with Gasteiger partial charge in [0.05, 0.1) is 17.6 Å². The smallest absolute Gasteiger partial charge is 0.292 e. The molecule has 2 aromatic carbocycles. The van der Waals surface area contributed by atoms with Crippen molar-refractivity contribution >= 4 is 28.9 Å². The lowest BCUT2D eigenvalue weighted by Gasteiger charge is -2.25. The number of anilines is 1. The van der Waals surface area contributed by atoms with Gasteiger partial charge >= 0.3 is 0 Å². The van der Waals surface area contributed by atoms with Gasteiger partial charge in [0.15, 0.2) is 0 Å². The summed E-state index contributed by atoms with van der Waals surface area (Å²) in [4.78, 5) is 14.8. The molecule has 26 heavy (non-hydrogen) atoms. The fraction of sp³-hybridized carbons (Fsp3) is 0.200. The summed E-state index contributed by atoms with van der Waals surface area (Å²) in [6, 6.07) is 19.3. The molecule has 0 fully saturated rings. The quantitative estimate of drug-likeness (QED) is 0.559. The number of alkyl halides is 1. The summed E-state index contributed by atoms with van der Waals surface area (Å²) in [6.45, 7) is 1.32. The molecule has 1 aromatic heterocycles. The van der Waals surface area contributed by atoms with Crippen molar-refractivity contribution in [3.8, 4) is 5.69 Å². The number of para-hydroxylation sites is 1. The molecule has 0 spiro atoms. The molecule has 0 N–H and O–H groups in total. The van der Waals surface area contributed by atoms with Crippen LogP contribution in [-0.2, 0) is 6.54 Å². The molecule has 134 valence electrons. The van der Waals surface area contributed by atoms with E-state index in [1.54, 1.807) is 6.20 Å². The number of aromatic nitrogens is 2. The van der Waals surface area contributed by atoms with Crippen LogP contribution in [0.2, 0.25) is 5.02 Å². The summed E-state index contributed by atoms with van der Waals surface area (Å²) in [5.74, 6) is 0.539. The Balaban J connectivity index is 1.96. The van der Waals surface area contributed by atoms with E-state index in [-0.39, 0.29) is 10.6 Å². The van der Waals surface area contributed by atoms with Gasteiger partial charge in [-0.05, 0) is 24.1 Å². The second-order valence-electron chi connectivity index (χ2n) is 5.85. The van der Waals surface area contributed by atoms with Gasteiger partial charge in [-0.2, -0.15) is 9.78 Å². The minimum atomic E-state index is -0.334. The van der Waals surface area contributed by atoms with E-state index in [9.17, 15) is 4.79 Å². The molecule has 4 nitrogen and oxygen atoms in total. The Morgan fingerprint density at radius 2 is 1.65 bits per heavy atom.